The molecule has 0 aromatic rings. The maximum absolute atomic E-state index is 12.3. The summed E-state index contributed by atoms with van der Waals surface area (Å²) in [7, 11) is -7.12. The Labute approximate surface area is 118 Å². The van der Waals surface area contributed by atoms with Crippen LogP contribution in [0.25, 0.3) is 0 Å². The lowest BCUT2D eigenvalue weighted by Gasteiger charge is -2.33. The average molecular weight is 326 g/mol. The van der Waals surface area contributed by atoms with Gasteiger partial charge in [-0.25, -0.2) is 22.0 Å². The molecule has 2 heterocycles. The molecule has 2 unspecified atom stereocenters. The van der Waals surface area contributed by atoms with Crippen molar-refractivity contribution in [2.75, 3.05) is 6.54 Å². The number of nitrogens with one attached hydrogen (secondary N) is 1. The van der Waals surface area contributed by atoms with Crippen molar-refractivity contribution in [1.29, 1.82) is 0 Å². The number of likely N-dealkylation sites (N-methyl/N-ethyl adjacent to an activating group) is 1. The molecule has 6 nitrogen and oxygen atoms in total. The van der Waals surface area contributed by atoms with E-state index in [1.165, 1.54) is 6.08 Å². The van der Waals surface area contributed by atoms with Gasteiger partial charge in [-0.3, -0.25) is 0 Å². The first kappa shape index (κ1) is 15.3. The summed E-state index contributed by atoms with van der Waals surface area (Å²) < 4.78 is 45.7. The van der Waals surface area contributed by atoms with Crippen LogP contribution in [0.1, 0.15) is 20.3 Å². The van der Waals surface area contributed by atoms with Crippen LogP contribution in [0.2, 0.25) is 0 Å². The second-order valence-corrected chi connectivity index (χ2v) is 10.8. The van der Waals surface area contributed by atoms with E-state index in [4.69, 9.17) is 5.14 Å². The molecule has 0 aliphatic carbocycles. The maximum Gasteiger partial charge on any atom is 0.225 e. The average Bonchev–Trinajstić information content (AvgIpc) is 2.72. The smallest absolute Gasteiger partial charge is 0.225 e. The van der Waals surface area contributed by atoms with E-state index in [1.54, 1.807) is 6.92 Å². The first-order chi connectivity index (χ1) is 8.67. The summed E-state index contributed by atoms with van der Waals surface area (Å²) in [6.45, 7) is 4.30. The molecule has 4 atom stereocenters. The number of primary sulfonamides is 1. The molecule has 2 aliphatic rings. The van der Waals surface area contributed by atoms with Gasteiger partial charge in [0.25, 0.3) is 0 Å². The molecule has 110 valence electrons. The Balaban J connectivity index is 2.42. The zero-order chi connectivity index (χ0) is 14.4. The Morgan fingerprint density at radius 1 is 1.53 bits per heavy atom. The maximum atomic E-state index is 12.3. The molecule has 3 N–H and O–H groups in total. The quantitative estimate of drug-likeness (QED) is 0.695. The van der Waals surface area contributed by atoms with Gasteiger partial charge in [0.15, 0.2) is 9.84 Å². The van der Waals surface area contributed by atoms with Crippen LogP contribution in [0, 0.1) is 0 Å². The number of sulfonamides is 1. The third-order valence-corrected chi connectivity index (χ3v) is 9.63. The number of sulfone groups is 1. The topological polar surface area (TPSA) is 106 Å². The molecule has 0 spiro atoms. The van der Waals surface area contributed by atoms with Crippen LogP contribution in [0.15, 0.2) is 11.6 Å². The highest BCUT2D eigenvalue weighted by Crippen LogP contribution is 2.45. The normalized spacial score (nSPS) is 37.7. The standard InChI is InChI=1S/C10H18N2O4S3/c1-3-12-8-4-6(2)18(13,14)10-7(8)5-9(17-10)19(11,15)16/h5-6,8-10,12H,3-4H2,1-2H3,(H2,11,15,16)/t6-,8-,9?,10?/m0/s1. The fourth-order valence-corrected chi connectivity index (χ4v) is 7.90. The number of fused-ring (bicyclic) bond motifs is 1. The number of hydrogen-bond donors (Lipinski definition) is 2. The molecule has 0 aromatic carbocycles. The van der Waals surface area contributed by atoms with E-state index >= 15 is 0 Å². The van der Waals surface area contributed by atoms with E-state index < -0.39 is 34.3 Å². The fourth-order valence-electron chi connectivity index (χ4n) is 2.46. The van der Waals surface area contributed by atoms with Crippen LogP contribution in [0.4, 0.5) is 0 Å². The van der Waals surface area contributed by atoms with Gasteiger partial charge in [0, 0.05) is 6.04 Å². The van der Waals surface area contributed by atoms with E-state index in [-0.39, 0.29) is 6.04 Å². The lowest BCUT2D eigenvalue weighted by molar-refractivity contribution is 0.501. The highest BCUT2D eigenvalue weighted by Gasteiger charge is 2.49. The molecule has 9 heteroatoms. The second-order valence-electron chi connectivity index (χ2n) is 4.84. The summed E-state index contributed by atoms with van der Waals surface area (Å²) in [5, 5.41) is 7.86. The van der Waals surface area contributed by atoms with Crippen molar-refractivity contribution in [3.8, 4) is 0 Å². The van der Waals surface area contributed by atoms with Crippen LogP contribution in [-0.2, 0) is 19.9 Å². The van der Waals surface area contributed by atoms with Gasteiger partial charge in [-0.15, -0.1) is 11.8 Å². The van der Waals surface area contributed by atoms with Gasteiger partial charge in [-0.2, -0.15) is 0 Å². The van der Waals surface area contributed by atoms with Gasteiger partial charge in [0.05, 0.1) is 5.25 Å². The molecule has 0 saturated carbocycles. The Morgan fingerprint density at radius 3 is 2.68 bits per heavy atom. The van der Waals surface area contributed by atoms with E-state index in [9.17, 15) is 16.8 Å². The SMILES string of the molecule is CCN[C@H]1C[C@H](C)S(=O)(=O)C2SC(S(N)(=O)=O)C=C21. The minimum Gasteiger partial charge on any atom is -0.310 e. The van der Waals surface area contributed by atoms with Crippen LogP contribution in [-0.4, -0.2) is 43.8 Å². The minimum atomic E-state index is -3.77. The molecule has 0 bridgehead atoms. The van der Waals surface area contributed by atoms with E-state index in [2.05, 4.69) is 5.32 Å². The molecule has 1 saturated heterocycles. The molecular weight excluding hydrogens is 308 g/mol. The monoisotopic (exact) mass is 326 g/mol. The molecule has 2 aliphatic heterocycles. The van der Waals surface area contributed by atoms with Gasteiger partial charge in [0.2, 0.25) is 10.0 Å². The van der Waals surface area contributed by atoms with Crippen LogP contribution >= 0.6 is 11.8 Å². The van der Waals surface area contributed by atoms with Gasteiger partial charge in [0.1, 0.15) is 9.16 Å². The predicted octanol–water partition coefficient (Wildman–Crippen LogP) is -0.215. The summed E-state index contributed by atoms with van der Waals surface area (Å²) in [4.78, 5) is 0. The third-order valence-electron chi connectivity index (χ3n) is 3.46. The summed E-state index contributed by atoms with van der Waals surface area (Å²) in [5.41, 5.74) is 0.643. The number of thioether (sulfide) groups is 1. The highest BCUT2D eigenvalue weighted by molar-refractivity contribution is 8.20. The third kappa shape index (κ3) is 2.71. The Hall–Kier alpha value is -0.0900. The largest absolute Gasteiger partial charge is 0.310 e. The van der Waals surface area contributed by atoms with Crippen molar-refractivity contribution in [2.24, 2.45) is 5.14 Å². The van der Waals surface area contributed by atoms with Gasteiger partial charge >= 0.3 is 0 Å². The summed E-state index contributed by atoms with van der Waals surface area (Å²) in [5.74, 6) is 0. The van der Waals surface area contributed by atoms with Crippen molar-refractivity contribution in [2.45, 2.75) is 40.7 Å². The summed E-state index contributed by atoms with van der Waals surface area (Å²) >= 11 is 0.908. The summed E-state index contributed by atoms with van der Waals surface area (Å²) in [6, 6.07) is -0.0900. The zero-order valence-corrected chi connectivity index (χ0v) is 13.2. The Morgan fingerprint density at radius 2 is 2.16 bits per heavy atom. The minimum absolute atomic E-state index is 0.0900. The van der Waals surface area contributed by atoms with E-state index in [0.717, 1.165) is 11.8 Å². The predicted molar refractivity (Wildman–Crippen MR) is 76.8 cm³/mol. The Kier molecular flexibility index (Phi) is 4.05. The lowest BCUT2D eigenvalue weighted by Crippen LogP contribution is -2.46. The number of rotatable bonds is 3. The second kappa shape index (κ2) is 5.03. The van der Waals surface area contributed by atoms with Crippen LogP contribution in [0.3, 0.4) is 0 Å². The molecule has 19 heavy (non-hydrogen) atoms. The first-order valence-corrected chi connectivity index (χ1v) is 10.2. The van der Waals surface area contributed by atoms with E-state index in [1.807, 2.05) is 6.92 Å². The van der Waals surface area contributed by atoms with Crippen molar-refractivity contribution in [1.82, 2.24) is 5.32 Å². The summed E-state index contributed by atoms with van der Waals surface area (Å²) in [6.07, 6.45) is 1.97. The highest BCUT2D eigenvalue weighted by atomic mass is 32.3. The molecule has 2 rings (SSSR count). The number of nitrogens with two attached hydrogens (primary N) is 1. The van der Waals surface area contributed by atoms with Crippen molar-refractivity contribution in [3.05, 3.63) is 11.6 Å². The fraction of sp³-hybridized carbons (Fsp3) is 0.800. The molecule has 0 radical (unpaired) electrons. The lowest BCUT2D eigenvalue weighted by atomic mass is 10.0. The molecule has 1 fully saturated rings. The van der Waals surface area contributed by atoms with E-state index in [0.29, 0.717) is 18.5 Å². The van der Waals surface area contributed by atoms with Crippen molar-refractivity contribution >= 4 is 31.6 Å². The van der Waals surface area contributed by atoms with Crippen LogP contribution in [0.5, 0.6) is 0 Å². The molecule has 0 amide bonds. The zero-order valence-electron chi connectivity index (χ0n) is 10.7. The molecular formula is C10H18N2O4S3. The van der Waals surface area contributed by atoms with Gasteiger partial charge in [-0.1, -0.05) is 13.0 Å². The van der Waals surface area contributed by atoms with Crippen molar-refractivity contribution in [3.63, 3.8) is 0 Å². The van der Waals surface area contributed by atoms with Gasteiger partial charge in [-0.05, 0) is 25.5 Å². The van der Waals surface area contributed by atoms with Crippen molar-refractivity contribution < 1.29 is 16.8 Å². The molecule has 0 aromatic heterocycles. The Bertz CT molecular complexity index is 596. The van der Waals surface area contributed by atoms with Gasteiger partial charge < -0.3 is 5.32 Å². The van der Waals surface area contributed by atoms with Crippen LogP contribution < -0.4 is 10.5 Å². The number of hydrogen-bond acceptors (Lipinski definition) is 6. The first-order valence-electron chi connectivity index (χ1n) is 6.02.